The van der Waals surface area contributed by atoms with Crippen LogP contribution < -0.4 is 10.2 Å². The SMILES string of the molecule is CONC(C)=C(CC(=O)OC)Sc1ccc2cc(OC)ccc2c1. The van der Waals surface area contributed by atoms with Gasteiger partial charge in [-0.05, 0) is 42.0 Å². The molecule has 0 aromatic heterocycles. The van der Waals surface area contributed by atoms with Crippen molar-refractivity contribution < 1.29 is 19.1 Å². The molecule has 0 aliphatic heterocycles. The Morgan fingerprint density at radius 3 is 2.46 bits per heavy atom. The van der Waals surface area contributed by atoms with Gasteiger partial charge in [-0.15, -0.1) is 0 Å². The van der Waals surface area contributed by atoms with Crippen molar-refractivity contribution in [1.29, 1.82) is 0 Å². The fourth-order valence-corrected chi connectivity index (χ4v) is 3.18. The van der Waals surface area contributed by atoms with E-state index in [1.807, 2.05) is 37.3 Å². The van der Waals surface area contributed by atoms with Crippen LogP contribution in [0.25, 0.3) is 10.8 Å². The van der Waals surface area contributed by atoms with Crippen LogP contribution in [0.5, 0.6) is 5.75 Å². The molecule has 5 nitrogen and oxygen atoms in total. The Hall–Kier alpha value is -2.18. The highest BCUT2D eigenvalue weighted by Gasteiger charge is 2.12. The smallest absolute Gasteiger partial charge is 0.310 e. The highest BCUT2D eigenvalue weighted by molar-refractivity contribution is 8.03. The first-order chi connectivity index (χ1) is 11.6. The van der Waals surface area contributed by atoms with Crippen LogP contribution in [0.3, 0.4) is 0 Å². The third-order valence-corrected chi connectivity index (χ3v) is 4.65. The molecule has 0 unspecified atom stereocenters. The van der Waals surface area contributed by atoms with Crippen molar-refractivity contribution in [2.75, 3.05) is 21.3 Å². The molecule has 0 saturated carbocycles. The average Bonchev–Trinajstić information content (AvgIpc) is 2.60. The number of nitrogens with one attached hydrogen (secondary N) is 1. The number of carbonyl (C=O) groups is 1. The van der Waals surface area contributed by atoms with Gasteiger partial charge in [-0.1, -0.05) is 23.9 Å². The number of benzene rings is 2. The summed E-state index contributed by atoms with van der Waals surface area (Å²) < 4.78 is 10.0. The summed E-state index contributed by atoms with van der Waals surface area (Å²) in [6.45, 7) is 1.86. The largest absolute Gasteiger partial charge is 0.497 e. The van der Waals surface area contributed by atoms with Crippen LogP contribution in [0.15, 0.2) is 51.9 Å². The maximum atomic E-state index is 11.7. The standard InChI is InChI=1S/C18H21NO4S/c1-12(19-23-4)17(11-18(20)22-3)24-16-8-6-13-9-15(21-2)7-5-14(13)10-16/h5-10,19H,11H2,1-4H3. The third-order valence-electron chi connectivity index (χ3n) is 3.47. The summed E-state index contributed by atoms with van der Waals surface area (Å²) in [6, 6.07) is 12.1. The normalized spacial score (nSPS) is 11.8. The van der Waals surface area contributed by atoms with Crippen molar-refractivity contribution in [3.63, 3.8) is 0 Å². The molecule has 128 valence electrons. The maximum Gasteiger partial charge on any atom is 0.310 e. The zero-order valence-electron chi connectivity index (χ0n) is 14.2. The van der Waals surface area contributed by atoms with E-state index in [1.165, 1.54) is 26.0 Å². The number of carbonyl (C=O) groups excluding carboxylic acids is 1. The van der Waals surface area contributed by atoms with Crippen LogP contribution in [0.4, 0.5) is 0 Å². The van der Waals surface area contributed by atoms with Gasteiger partial charge in [0.25, 0.3) is 0 Å². The number of esters is 1. The Morgan fingerprint density at radius 1 is 1.08 bits per heavy atom. The fourth-order valence-electron chi connectivity index (χ4n) is 2.19. The molecule has 24 heavy (non-hydrogen) atoms. The first-order valence-electron chi connectivity index (χ1n) is 7.38. The van der Waals surface area contributed by atoms with E-state index < -0.39 is 0 Å². The monoisotopic (exact) mass is 347 g/mol. The second kappa shape index (κ2) is 8.61. The van der Waals surface area contributed by atoms with E-state index in [2.05, 4.69) is 11.5 Å². The summed E-state index contributed by atoms with van der Waals surface area (Å²) in [4.78, 5) is 18.5. The molecular weight excluding hydrogens is 326 g/mol. The summed E-state index contributed by atoms with van der Waals surface area (Å²) in [5.74, 6) is 0.537. The lowest BCUT2D eigenvalue weighted by atomic mass is 10.1. The van der Waals surface area contributed by atoms with E-state index in [0.717, 1.165) is 32.0 Å². The first kappa shape index (κ1) is 18.2. The van der Waals surface area contributed by atoms with Gasteiger partial charge in [-0.3, -0.25) is 15.1 Å². The van der Waals surface area contributed by atoms with Crippen LogP contribution >= 0.6 is 11.8 Å². The quantitative estimate of drug-likeness (QED) is 0.466. The number of rotatable bonds is 7. The summed E-state index contributed by atoms with van der Waals surface area (Å²) >= 11 is 1.51. The molecule has 2 rings (SSSR count). The maximum absolute atomic E-state index is 11.7. The van der Waals surface area contributed by atoms with E-state index in [1.54, 1.807) is 7.11 Å². The number of hydroxylamine groups is 1. The van der Waals surface area contributed by atoms with Crippen molar-refractivity contribution in [2.24, 2.45) is 0 Å². The lowest BCUT2D eigenvalue weighted by Gasteiger charge is -2.12. The molecule has 0 fully saturated rings. The molecule has 1 N–H and O–H groups in total. The number of allylic oxidation sites excluding steroid dienone is 1. The van der Waals surface area contributed by atoms with Crippen molar-refractivity contribution in [3.05, 3.63) is 47.0 Å². The molecule has 2 aromatic rings. The predicted octanol–water partition coefficient (Wildman–Crippen LogP) is 3.89. The Bertz CT molecular complexity index is 758. The highest BCUT2D eigenvalue weighted by Crippen LogP contribution is 2.33. The molecule has 6 heteroatoms. The lowest BCUT2D eigenvalue weighted by molar-refractivity contribution is -0.139. The number of fused-ring (bicyclic) bond motifs is 1. The molecule has 0 bridgehead atoms. The van der Waals surface area contributed by atoms with Gasteiger partial charge in [0.15, 0.2) is 0 Å². The van der Waals surface area contributed by atoms with Gasteiger partial charge < -0.3 is 9.47 Å². The highest BCUT2D eigenvalue weighted by atomic mass is 32.2. The van der Waals surface area contributed by atoms with Gasteiger partial charge in [0.2, 0.25) is 0 Å². The Kier molecular flexibility index (Phi) is 6.52. The number of ether oxygens (including phenoxy) is 2. The van der Waals surface area contributed by atoms with Crippen LogP contribution in [0, 0.1) is 0 Å². The molecule has 0 heterocycles. The molecule has 0 spiro atoms. The van der Waals surface area contributed by atoms with Gasteiger partial charge in [-0.2, -0.15) is 0 Å². The van der Waals surface area contributed by atoms with Crippen molar-refractivity contribution in [2.45, 2.75) is 18.2 Å². The molecule has 0 aliphatic rings. The minimum atomic E-state index is -0.291. The molecule has 0 saturated heterocycles. The summed E-state index contributed by atoms with van der Waals surface area (Å²) in [6.07, 6.45) is 0.185. The number of hydrogen-bond acceptors (Lipinski definition) is 6. The molecule has 0 radical (unpaired) electrons. The zero-order chi connectivity index (χ0) is 17.5. The topological polar surface area (TPSA) is 56.8 Å². The molecule has 0 atom stereocenters. The summed E-state index contributed by atoms with van der Waals surface area (Å²) in [7, 11) is 4.57. The predicted molar refractivity (Wildman–Crippen MR) is 95.8 cm³/mol. The molecule has 2 aromatic carbocycles. The van der Waals surface area contributed by atoms with E-state index in [-0.39, 0.29) is 12.4 Å². The van der Waals surface area contributed by atoms with Crippen molar-refractivity contribution in [1.82, 2.24) is 5.48 Å². The summed E-state index contributed by atoms with van der Waals surface area (Å²) in [5, 5.41) is 2.21. The first-order valence-corrected chi connectivity index (χ1v) is 8.20. The fraction of sp³-hybridized carbons (Fsp3) is 0.278. The number of hydrogen-bond donors (Lipinski definition) is 1. The van der Waals surface area contributed by atoms with Gasteiger partial charge in [0.1, 0.15) is 5.75 Å². The Labute approximate surface area is 145 Å². The van der Waals surface area contributed by atoms with Crippen LogP contribution in [-0.2, 0) is 14.4 Å². The zero-order valence-corrected chi connectivity index (χ0v) is 15.0. The molecular formula is C18H21NO4S. The Balaban J connectivity index is 2.29. The van der Waals surface area contributed by atoms with Gasteiger partial charge >= 0.3 is 5.97 Å². The van der Waals surface area contributed by atoms with Crippen molar-refractivity contribution >= 4 is 28.5 Å². The third kappa shape index (κ3) is 4.66. The van der Waals surface area contributed by atoms with Gasteiger partial charge in [0.05, 0.1) is 27.8 Å². The number of thioether (sulfide) groups is 1. The van der Waals surface area contributed by atoms with Gasteiger partial charge in [0, 0.05) is 15.5 Å². The minimum absolute atomic E-state index is 0.185. The van der Waals surface area contributed by atoms with Gasteiger partial charge in [-0.25, -0.2) is 0 Å². The minimum Gasteiger partial charge on any atom is -0.497 e. The molecule has 0 aliphatic carbocycles. The Morgan fingerprint density at radius 2 is 1.79 bits per heavy atom. The molecule has 0 amide bonds. The van der Waals surface area contributed by atoms with Crippen LogP contribution in [-0.4, -0.2) is 27.3 Å². The summed E-state index contributed by atoms with van der Waals surface area (Å²) in [5.41, 5.74) is 3.56. The second-order valence-electron chi connectivity index (χ2n) is 5.08. The van der Waals surface area contributed by atoms with E-state index >= 15 is 0 Å². The van der Waals surface area contributed by atoms with E-state index in [9.17, 15) is 4.79 Å². The average molecular weight is 347 g/mol. The second-order valence-corrected chi connectivity index (χ2v) is 6.25. The number of methoxy groups -OCH3 is 2. The van der Waals surface area contributed by atoms with Crippen LogP contribution in [0.2, 0.25) is 0 Å². The van der Waals surface area contributed by atoms with Crippen LogP contribution in [0.1, 0.15) is 13.3 Å². The van der Waals surface area contributed by atoms with Crippen molar-refractivity contribution in [3.8, 4) is 5.75 Å². The van der Waals surface area contributed by atoms with E-state index in [4.69, 9.17) is 14.3 Å². The lowest BCUT2D eigenvalue weighted by Crippen LogP contribution is -2.12. The van der Waals surface area contributed by atoms with E-state index in [0.29, 0.717) is 0 Å².